The fourth-order valence-electron chi connectivity index (χ4n) is 2.95. The molecule has 28 heavy (non-hydrogen) atoms. The van der Waals surface area contributed by atoms with Crippen LogP contribution in [0.4, 0.5) is 0 Å². The quantitative estimate of drug-likeness (QED) is 0.383. The van der Waals surface area contributed by atoms with Gasteiger partial charge < -0.3 is 4.40 Å². The van der Waals surface area contributed by atoms with Gasteiger partial charge in [-0.3, -0.25) is 4.79 Å². The minimum atomic E-state index is -0.0250. The second kappa shape index (κ2) is 8.39. The standard InChI is InChI=1S/C23H16N2OS2/c24-15-20-21(27-16-17-9-3-1-4-10-17)22(19-13-7-8-14-25(19)20)28-23(26)18-11-5-2-6-12-18/h1-14H,16H2. The van der Waals surface area contributed by atoms with Crippen molar-refractivity contribution in [2.24, 2.45) is 0 Å². The van der Waals surface area contributed by atoms with E-state index in [9.17, 15) is 10.1 Å². The molecule has 0 bridgehead atoms. The lowest BCUT2D eigenvalue weighted by Crippen LogP contribution is -1.92. The van der Waals surface area contributed by atoms with Crippen LogP contribution in [0.5, 0.6) is 0 Å². The van der Waals surface area contributed by atoms with Crippen molar-refractivity contribution in [1.29, 1.82) is 5.26 Å². The number of fused-ring (bicyclic) bond motifs is 1. The van der Waals surface area contributed by atoms with Crippen LogP contribution in [0.3, 0.4) is 0 Å². The summed E-state index contributed by atoms with van der Waals surface area (Å²) < 4.78 is 1.87. The van der Waals surface area contributed by atoms with Crippen molar-refractivity contribution in [3.05, 3.63) is 102 Å². The Morgan fingerprint density at radius 1 is 0.893 bits per heavy atom. The first-order valence-corrected chi connectivity index (χ1v) is 10.5. The number of benzene rings is 2. The van der Waals surface area contributed by atoms with E-state index in [1.54, 1.807) is 11.8 Å². The zero-order chi connectivity index (χ0) is 19.3. The van der Waals surface area contributed by atoms with Crippen LogP contribution in [0, 0.1) is 11.3 Å². The highest BCUT2D eigenvalue weighted by Gasteiger charge is 2.22. The Balaban J connectivity index is 1.75. The minimum Gasteiger partial charge on any atom is -0.306 e. The fraction of sp³-hybridized carbons (Fsp3) is 0.0435. The van der Waals surface area contributed by atoms with E-state index in [-0.39, 0.29) is 5.12 Å². The van der Waals surface area contributed by atoms with E-state index < -0.39 is 0 Å². The van der Waals surface area contributed by atoms with Crippen molar-refractivity contribution in [3.8, 4) is 6.07 Å². The molecule has 0 amide bonds. The maximum atomic E-state index is 12.8. The lowest BCUT2D eigenvalue weighted by atomic mass is 10.2. The average Bonchev–Trinajstić information content (AvgIpc) is 3.06. The Hall–Kier alpha value is -2.94. The number of aromatic nitrogens is 1. The van der Waals surface area contributed by atoms with E-state index in [0.717, 1.165) is 21.1 Å². The van der Waals surface area contributed by atoms with Crippen LogP contribution in [-0.2, 0) is 5.75 Å². The second-order valence-electron chi connectivity index (χ2n) is 6.10. The summed E-state index contributed by atoms with van der Waals surface area (Å²) in [5.74, 6) is 0.736. The highest BCUT2D eigenvalue weighted by atomic mass is 32.2. The molecule has 0 spiro atoms. The van der Waals surface area contributed by atoms with Crippen molar-refractivity contribution >= 4 is 34.2 Å². The van der Waals surface area contributed by atoms with Gasteiger partial charge in [0.05, 0.1) is 15.3 Å². The number of hydrogen-bond donors (Lipinski definition) is 0. The van der Waals surface area contributed by atoms with Crippen molar-refractivity contribution < 1.29 is 4.79 Å². The molecule has 0 unspecified atom stereocenters. The average molecular weight is 401 g/mol. The maximum absolute atomic E-state index is 12.8. The molecule has 0 aliphatic rings. The first-order valence-electron chi connectivity index (χ1n) is 8.75. The van der Waals surface area contributed by atoms with Crippen LogP contribution >= 0.6 is 23.5 Å². The van der Waals surface area contributed by atoms with Crippen LogP contribution in [0.15, 0.2) is 94.9 Å². The Bertz CT molecular complexity index is 1160. The predicted octanol–water partition coefficient (Wildman–Crippen LogP) is 6.04. The van der Waals surface area contributed by atoms with Gasteiger partial charge in [-0.15, -0.1) is 11.8 Å². The first kappa shape index (κ1) is 18.4. The molecule has 136 valence electrons. The van der Waals surface area contributed by atoms with E-state index in [1.807, 2.05) is 77.3 Å². The molecule has 0 radical (unpaired) electrons. The molecule has 4 rings (SSSR count). The molecule has 0 atom stereocenters. The van der Waals surface area contributed by atoms with Crippen molar-refractivity contribution in [3.63, 3.8) is 0 Å². The predicted molar refractivity (Wildman–Crippen MR) is 115 cm³/mol. The van der Waals surface area contributed by atoms with Gasteiger partial charge in [-0.25, -0.2) is 0 Å². The summed E-state index contributed by atoms with van der Waals surface area (Å²) in [5.41, 5.74) is 3.28. The van der Waals surface area contributed by atoms with Crippen molar-refractivity contribution in [2.45, 2.75) is 15.5 Å². The molecule has 0 aliphatic heterocycles. The molecule has 3 nitrogen and oxygen atoms in total. The van der Waals surface area contributed by atoms with Crippen molar-refractivity contribution in [1.82, 2.24) is 4.40 Å². The molecule has 2 heterocycles. The Labute approximate surface area is 172 Å². The smallest absolute Gasteiger partial charge is 0.224 e. The van der Waals surface area contributed by atoms with Crippen LogP contribution in [0.2, 0.25) is 0 Å². The van der Waals surface area contributed by atoms with Gasteiger partial charge in [0, 0.05) is 17.5 Å². The van der Waals surface area contributed by atoms with E-state index in [0.29, 0.717) is 11.3 Å². The molecule has 5 heteroatoms. The van der Waals surface area contributed by atoms with Gasteiger partial charge in [0.2, 0.25) is 5.12 Å². The number of carbonyl (C=O) groups excluding carboxylic acids is 1. The summed E-state index contributed by atoms with van der Waals surface area (Å²) in [6.45, 7) is 0. The monoisotopic (exact) mass is 400 g/mol. The molecule has 2 aromatic carbocycles. The van der Waals surface area contributed by atoms with Crippen LogP contribution in [-0.4, -0.2) is 9.52 Å². The number of thioether (sulfide) groups is 2. The fourth-order valence-corrected chi connectivity index (χ4v) is 5.17. The van der Waals surface area contributed by atoms with E-state index in [1.165, 1.54) is 17.3 Å². The Morgan fingerprint density at radius 2 is 1.57 bits per heavy atom. The molecule has 0 fully saturated rings. The Morgan fingerprint density at radius 3 is 2.29 bits per heavy atom. The maximum Gasteiger partial charge on any atom is 0.224 e. The lowest BCUT2D eigenvalue weighted by molar-refractivity contribution is 0.108. The summed E-state index contributed by atoms with van der Waals surface area (Å²) in [7, 11) is 0. The third-order valence-corrected chi connectivity index (χ3v) is 6.62. The van der Waals surface area contributed by atoms with E-state index >= 15 is 0 Å². The molecule has 0 saturated heterocycles. The first-order chi connectivity index (χ1) is 13.8. The highest BCUT2D eigenvalue weighted by molar-refractivity contribution is 8.14. The SMILES string of the molecule is N#Cc1c(SCc2ccccc2)c(SC(=O)c2ccccc2)c2ccccn12. The van der Waals surface area contributed by atoms with Crippen LogP contribution < -0.4 is 0 Å². The number of rotatable bonds is 5. The van der Waals surface area contributed by atoms with Gasteiger partial charge in [0.15, 0.2) is 0 Å². The lowest BCUT2D eigenvalue weighted by Gasteiger charge is -2.05. The van der Waals surface area contributed by atoms with Crippen LogP contribution in [0.1, 0.15) is 21.6 Å². The third-order valence-electron chi connectivity index (χ3n) is 4.29. The van der Waals surface area contributed by atoms with Gasteiger partial charge in [-0.1, -0.05) is 66.7 Å². The summed E-state index contributed by atoms with van der Waals surface area (Å²) in [6.07, 6.45) is 1.87. The molecule has 0 saturated carbocycles. The van der Waals surface area contributed by atoms with Gasteiger partial charge in [-0.05, 0) is 29.5 Å². The van der Waals surface area contributed by atoms with E-state index in [2.05, 4.69) is 18.2 Å². The Kier molecular flexibility index (Phi) is 5.52. The van der Waals surface area contributed by atoms with E-state index in [4.69, 9.17) is 0 Å². The van der Waals surface area contributed by atoms with Gasteiger partial charge in [0.1, 0.15) is 11.8 Å². The number of pyridine rings is 1. The zero-order valence-electron chi connectivity index (χ0n) is 14.9. The molecule has 4 aromatic rings. The molecule has 0 aliphatic carbocycles. The highest BCUT2D eigenvalue weighted by Crippen LogP contribution is 2.41. The number of nitrogens with zero attached hydrogens (tertiary/aromatic N) is 2. The minimum absolute atomic E-state index is 0.0250. The summed E-state index contributed by atoms with van der Waals surface area (Å²) in [4.78, 5) is 14.5. The molecule has 0 N–H and O–H groups in total. The van der Waals surface area contributed by atoms with Crippen LogP contribution in [0.25, 0.3) is 5.52 Å². The second-order valence-corrected chi connectivity index (χ2v) is 8.07. The topological polar surface area (TPSA) is 45.3 Å². The summed E-state index contributed by atoms with van der Waals surface area (Å²) in [6, 6.07) is 27.5. The third kappa shape index (κ3) is 3.70. The number of carbonyl (C=O) groups is 1. The van der Waals surface area contributed by atoms with Gasteiger partial charge in [0.25, 0.3) is 0 Å². The van der Waals surface area contributed by atoms with Crippen molar-refractivity contribution in [2.75, 3.05) is 0 Å². The largest absolute Gasteiger partial charge is 0.306 e. The van der Waals surface area contributed by atoms with Gasteiger partial charge in [-0.2, -0.15) is 5.26 Å². The number of nitriles is 1. The zero-order valence-corrected chi connectivity index (χ0v) is 16.5. The van der Waals surface area contributed by atoms with Gasteiger partial charge >= 0.3 is 0 Å². The number of hydrogen-bond acceptors (Lipinski definition) is 4. The summed E-state index contributed by atoms with van der Waals surface area (Å²) in [5, 5.41) is 9.77. The molecular formula is C23H16N2OS2. The normalized spacial score (nSPS) is 10.7. The summed E-state index contributed by atoms with van der Waals surface area (Å²) >= 11 is 2.79. The molecular weight excluding hydrogens is 384 g/mol. The molecule has 2 aromatic heterocycles.